The van der Waals surface area contributed by atoms with Crippen LogP contribution in [-0.4, -0.2) is 69.7 Å². The molecule has 1 aromatic carbocycles. The molecule has 1 aromatic rings. The lowest BCUT2D eigenvalue weighted by Crippen LogP contribution is -2.41. The molecule has 0 bridgehead atoms. The monoisotopic (exact) mass is 403 g/mol. The molecule has 7 heteroatoms. The van der Waals surface area contributed by atoms with Gasteiger partial charge in [-0.1, -0.05) is 6.92 Å². The highest BCUT2D eigenvalue weighted by molar-refractivity contribution is 5.94. The van der Waals surface area contributed by atoms with Gasteiger partial charge < -0.3 is 25.6 Å². The van der Waals surface area contributed by atoms with Gasteiger partial charge in [0.15, 0.2) is 5.96 Å². The van der Waals surface area contributed by atoms with Gasteiger partial charge in [-0.2, -0.15) is 0 Å². The summed E-state index contributed by atoms with van der Waals surface area (Å²) in [5, 5.41) is 9.45. The fraction of sp³-hybridized carbons (Fsp3) is 0.636. The lowest BCUT2D eigenvalue weighted by atomic mass is 9.99. The van der Waals surface area contributed by atoms with Crippen LogP contribution in [0.15, 0.2) is 29.3 Å². The van der Waals surface area contributed by atoms with E-state index >= 15 is 0 Å². The first kappa shape index (κ1) is 23.0. The van der Waals surface area contributed by atoms with Gasteiger partial charge in [0, 0.05) is 31.7 Å². The Morgan fingerprint density at radius 3 is 2.48 bits per heavy atom. The fourth-order valence-corrected chi connectivity index (χ4v) is 3.31. The number of benzene rings is 1. The average molecular weight is 404 g/mol. The number of rotatable bonds is 10. The number of likely N-dealkylation sites (tertiary alicyclic amines) is 1. The SMILES string of the molecule is CCNC(=NCCCN1CCC(C)CC1)NCCNC(=O)c1ccc(OC)cc1. The molecular formula is C22H37N5O2. The van der Waals surface area contributed by atoms with E-state index in [1.54, 1.807) is 31.4 Å². The highest BCUT2D eigenvalue weighted by Gasteiger charge is 2.14. The van der Waals surface area contributed by atoms with Gasteiger partial charge in [-0.25, -0.2) is 0 Å². The zero-order valence-corrected chi connectivity index (χ0v) is 18.2. The lowest BCUT2D eigenvalue weighted by Gasteiger charge is -2.29. The van der Waals surface area contributed by atoms with E-state index in [9.17, 15) is 4.79 Å². The Morgan fingerprint density at radius 2 is 1.83 bits per heavy atom. The van der Waals surface area contributed by atoms with Crippen LogP contribution in [0, 0.1) is 5.92 Å². The molecule has 1 aliphatic rings. The van der Waals surface area contributed by atoms with Gasteiger partial charge in [0.2, 0.25) is 0 Å². The number of methoxy groups -OCH3 is 1. The van der Waals surface area contributed by atoms with Gasteiger partial charge in [-0.15, -0.1) is 0 Å². The van der Waals surface area contributed by atoms with E-state index in [4.69, 9.17) is 4.74 Å². The van der Waals surface area contributed by atoms with Crippen molar-refractivity contribution in [1.29, 1.82) is 0 Å². The largest absolute Gasteiger partial charge is 0.497 e. The van der Waals surface area contributed by atoms with E-state index in [0.29, 0.717) is 18.7 Å². The second kappa shape index (κ2) is 13.0. The van der Waals surface area contributed by atoms with Crippen molar-refractivity contribution in [2.75, 3.05) is 52.9 Å². The van der Waals surface area contributed by atoms with Crippen LogP contribution < -0.4 is 20.7 Å². The Bertz CT molecular complexity index is 625. The van der Waals surface area contributed by atoms with Crippen LogP contribution in [0.25, 0.3) is 0 Å². The molecule has 1 amide bonds. The Labute approximate surface area is 175 Å². The molecule has 0 radical (unpaired) electrons. The number of piperidine rings is 1. The number of nitrogens with zero attached hydrogens (tertiary/aromatic N) is 2. The van der Waals surface area contributed by atoms with Crippen molar-refractivity contribution in [1.82, 2.24) is 20.9 Å². The summed E-state index contributed by atoms with van der Waals surface area (Å²) in [5.74, 6) is 2.33. The number of amides is 1. The van der Waals surface area contributed by atoms with E-state index in [2.05, 4.69) is 39.7 Å². The molecule has 0 unspecified atom stereocenters. The summed E-state index contributed by atoms with van der Waals surface area (Å²) in [6.07, 6.45) is 3.70. The summed E-state index contributed by atoms with van der Waals surface area (Å²) in [6.45, 7) is 10.7. The number of nitrogens with one attached hydrogen (secondary N) is 3. The third-order valence-electron chi connectivity index (χ3n) is 5.18. The standard InChI is InChI=1S/C22H37N5O2/c1-4-23-22(25-12-5-15-27-16-10-18(2)11-17-27)26-14-13-24-21(28)19-6-8-20(29-3)9-7-19/h6-9,18H,4-5,10-17H2,1-3H3,(H,24,28)(H2,23,25,26). The van der Waals surface area contributed by atoms with Crippen molar-refractivity contribution in [3.63, 3.8) is 0 Å². The third kappa shape index (κ3) is 8.73. The molecule has 1 heterocycles. The smallest absolute Gasteiger partial charge is 0.251 e. The fourth-order valence-electron chi connectivity index (χ4n) is 3.31. The second-order valence-corrected chi connectivity index (χ2v) is 7.55. The van der Waals surface area contributed by atoms with Crippen LogP contribution in [0.5, 0.6) is 5.75 Å². The summed E-state index contributed by atoms with van der Waals surface area (Å²) in [5.41, 5.74) is 0.624. The number of carbonyl (C=O) groups excluding carboxylic acids is 1. The van der Waals surface area contributed by atoms with Crippen molar-refractivity contribution >= 4 is 11.9 Å². The van der Waals surface area contributed by atoms with Crippen molar-refractivity contribution < 1.29 is 9.53 Å². The number of ether oxygens (including phenoxy) is 1. The molecule has 162 valence electrons. The molecule has 1 fully saturated rings. The second-order valence-electron chi connectivity index (χ2n) is 7.55. The van der Waals surface area contributed by atoms with Gasteiger partial charge in [-0.3, -0.25) is 9.79 Å². The summed E-state index contributed by atoms with van der Waals surface area (Å²) >= 11 is 0. The molecule has 7 nitrogen and oxygen atoms in total. The van der Waals surface area contributed by atoms with Crippen LogP contribution >= 0.6 is 0 Å². The first-order valence-electron chi connectivity index (χ1n) is 10.8. The Balaban J connectivity index is 1.64. The zero-order chi connectivity index (χ0) is 20.9. The van der Waals surface area contributed by atoms with Crippen molar-refractivity contribution in [3.8, 4) is 5.75 Å². The van der Waals surface area contributed by atoms with Crippen molar-refractivity contribution in [3.05, 3.63) is 29.8 Å². The van der Waals surface area contributed by atoms with E-state index in [-0.39, 0.29) is 5.91 Å². The highest BCUT2D eigenvalue weighted by atomic mass is 16.5. The van der Waals surface area contributed by atoms with Gasteiger partial charge in [0.05, 0.1) is 7.11 Å². The normalized spacial score (nSPS) is 15.8. The average Bonchev–Trinajstić information content (AvgIpc) is 2.75. The van der Waals surface area contributed by atoms with E-state index in [0.717, 1.165) is 43.7 Å². The number of hydrogen-bond donors (Lipinski definition) is 3. The van der Waals surface area contributed by atoms with Crippen LogP contribution in [0.4, 0.5) is 0 Å². The molecule has 0 atom stereocenters. The summed E-state index contributed by atoms with van der Waals surface area (Å²) in [6, 6.07) is 7.09. The summed E-state index contributed by atoms with van der Waals surface area (Å²) < 4.78 is 5.11. The molecule has 0 saturated carbocycles. The topological polar surface area (TPSA) is 78.0 Å². The van der Waals surface area contributed by atoms with E-state index in [1.807, 2.05) is 0 Å². The first-order chi connectivity index (χ1) is 14.1. The van der Waals surface area contributed by atoms with Crippen LogP contribution in [0.2, 0.25) is 0 Å². The van der Waals surface area contributed by atoms with Crippen LogP contribution in [0.1, 0.15) is 43.5 Å². The Kier molecular flexibility index (Phi) is 10.3. The summed E-state index contributed by atoms with van der Waals surface area (Å²) in [4.78, 5) is 19.4. The predicted octanol–water partition coefficient (Wildman–Crippen LogP) is 2.10. The molecule has 29 heavy (non-hydrogen) atoms. The summed E-state index contributed by atoms with van der Waals surface area (Å²) in [7, 11) is 1.61. The Hall–Kier alpha value is -2.28. The molecule has 1 aliphatic heterocycles. The number of carbonyl (C=O) groups is 1. The van der Waals surface area contributed by atoms with E-state index < -0.39 is 0 Å². The maximum absolute atomic E-state index is 12.2. The van der Waals surface area contributed by atoms with Gasteiger partial charge in [-0.05, 0) is 76.0 Å². The van der Waals surface area contributed by atoms with Gasteiger partial charge in [0.1, 0.15) is 5.75 Å². The minimum absolute atomic E-state index is 0.0905. The van der Waals surface area contributed by atoms with Crippen LogP contribution in [-0.2, 0) is 0 Å². The van der Waals surface area contributed by atoms with E-state index in [1.165, 1.54) is 25.9 Å². The molecule has 0 spiro atoms. The minimum atomic E-state index is -0.0905. The maximum atomic E-state index is 12.2. The predicted molar refractivity (Wildman–Crippen MR) is 119 cm³/mol. The molecule has 2 rings (SSSR count). The quantitative estimate of drug-likeness (QED) is 0.317. The molecular weight excluding hydrogens is 366 g/mol. The third-order valence-corrected chi connectivity index (χ3v) is 5.18. The lowest BCUT2D eigenvalue weighted by molar-refractivity contribution is 0.0954. The van der Waals surface area contributed by atoms with Gasteiger partial charge >= 0.3 is 0 Å². The highest BCUT2D eigenvalue weighted by Crippen LogP contribution is 2.15. The Morgan fingerprint density at radius 1 is 1.14 bits per heavy atom. The number of hydrogen-bond acceptors (Lipinski definition) is 4. The molecule has 0 aromatic heterocycles. The minimum Gasteiger partial charge on any atom is -0.497 e. The maximum Gasteiger partial charge on any atom is 0.251 e. The van der Waals surface area contributed by atoms with Crippen LogP contribution in [0.3, 0.4) is 0 Å². The molecule has 3 N–H and O–H groups in total. The van der Waals surface area contributed by atoms with Crippen molar-refractivity contribution in [2.24, 2.45) is 10.9 Å². The molecule has 0 aliphatic carbocycles. The molecule has 1 saturated heterocycles. The first-order valence-corrected chi connectivity index (χ1v) is 10.8. The van der Waals surface area contributed by atoms with Gasteiger partial charge in [0.25, 0.3) is 5.91 Å². The number of guanidine groups is 1. The zero-order valence-electron chi connectivity index (χ0n) is 18.2. The number of aliphatic imine (C=N–C) groups is 1. The van der Waals surface area contributed by atoms with Crippen molar-refractivity contribution in [2.45, 2.75) is 33.1 Å².